The maximum absolute atomic E-state index is 12.6. The highest BCUT2D eigenvalue weighted by atomic mass is 16.6. The van der Waals surface area contributed by atoms with E-state index in [-0.39, 0.29) is 11.2 Å². The Morgan fingerprint density at radius 1 is 1.16 bits per heavy atom. The van der Waals surface area contributed by atoms with Gasteiger partial charge in [0.2, 0.25) is 0 Å². The number of para-hydroxylation sites is 1. The van der Waals surface area contributed by atoms with Crippen LogP contribution in [0.2, 0.25) is 0 Å². The molecule has 0 saturated carbocycles. The Morgan fingerprint density at radius 2 is 1.92 bits per heavy atom. The number of H-pyrrole nitrogens is 1. The molecule has 25 heavy (non-hydrogen) atoms. The van der Waals surface area contributed by atoms with E-state index >= 15 is 0 Å². The summed E-state index contributed by atoms with van der Waals surface area (Å²) < 4.78 is 1.12. The van der Waals surface area contributed by atoms with Crippen molar-refractivity contribution in [2.75, 3.05) is 0 Å². The molecule has 0 unspecified atom stereocenters. The quantitative estimate of drug-likeness (QED) is 0.353. The van der Waals surface area contributed by atoms with E-state index in [0.29, 0.717) is 16.6 Å². The molecule has 4 rings (SSSR count). The predicted molar refractivity (Wildman–Crippen MR) is 93.9 cm³/mol. The first-order valence-electron chi connectivity index (χ1n) is 7.40. The standard InChI is InChI=1S/C17H11N5O3/c23-17-16-15(13-3-1-2-4-14(13)20-16)18-10-21(17)19-9-11-5-7-12(8-6-11)22(24)25/h1-10,20H/b19-9+. The lowest BCUT2D eigenvalue weighted by Gasteiger charge is -1.98. The van der Waals surface area contributed by atoms with Crippen LogP contribution in [0.5, 0.6) is 0 Å². The fourth-order valence-corrected chi connectivity index (χ4v) is 2.59. The third-order valence-corrected chi connectivity index (χ3v) is 3.83. The van der Waals surface area contributed by atoms with Gasteiger partial charge >= 0.3 is 0 Å². The van der Waals surface area contributed by atoms with Crippen LogP contribution in [-0.2, 0) is 0 Å². The van der Waals surface area contributed by atoms with E-state index in [1.54, 1.807) is 12.1 Å². The van der Waals surface area contributed by atoms with Crippen molar-refractivity contribution in [3.05, 3.63) is 80.9 Å². The first-order valence-corrected chi connectivity index (χ1v) is 7.40. The monoisotopic (exact) mass is 333 g/mol. The fraction of sp³-hybridized carbons (Fsp3) is 0. The molecular weight excluding hydrogens is 322 g/mol. The zero-order valence-corrected chi connectivity index (χ0v) is 12.8. The Morgan fingerprint density at radius 3 is 2.68 bits per heavy atom. The predicted octanol–water partition coefficient (Wildman–Crippen LogP) is 2.67. The molecule has 0 saturated heterocycles. The maximum atomic E-state index is 12.6. The van der Waals surface area contributed by atoms with Gasteiger partial charge in [0.1, 0.15) is 17.4 Å². The summed E-state index contributed by atoms with van der Waals surface area (Å²) in [5.41, 5.74) is 2.12. The number of benzene rings is 2. The number of rotatable bonds is 3. The van der Waals surface area contributed by atoms with Crippen LogP contribution >= 0.6 is 0 Å². The summed E-state index contributed by atoms with van der Waals surface area (Å²) in [5, 5.41) is 15.6. The largest absolute Gasteiger partial charge is 0.349 e. The number of non-ortho nitro benzene ring substituents is 1. The van der Waals surface area contributed by atoms with Crippen LogP contribution in [0, 0.1) is 10.1 Å². The summed E-state index contributed by atoms with van der Waals surface area (Å²) in [4.78, 5) is 30.1. The molecular formula is C17H11N5O3. The number of fused-ring (bicyclic) bond motifs is 3. The second-order valence-electron chi connectivity index (χ2n) is 5.38. The molecule has 0 amide bonds. The van der Waals surface area contributed by atoms with Crippen molar-refractivity contribution in [3.63, 3.8) is 0 Å². The molecule has 0 bridgehead atoms. The topological polar surface area (TPSA) is 106 Å². The van der Waals surface area contributed by atoms with Crippen molar-refractivity contribution >= 4 is 33.8 Å². The molecule has 0 spiro atoms. The first-order chi connectivity index (χ1) is 12.1. The van der Waals surface area contributed by atoms with E-state index in [0.717, 1.165) is 15.6 Å². The third kappa shape index (κ3) is 2.55. The minimum absolute atomic E-state index is 0.00419. The number of nitrogens with zero attached hydrogens (tertiary/aromatic N) is 4. The fourth-order valence-electron chi connectivity index (χ4n) is 2.59. The van der Waals surface area contributed by atoms with Gasteiger partial charge in [-0.25, -0.2) is 4.98 Å². The van der Waals surface area contributed by atoms with Gasteiger partial charge < -0.3 is 4.98 Å². The van der Waals surface area contributed by atoms with E-state index in [2.05, 4.69) is 15.1 Å². The van der Waals surface area contributed by atoms with Crippen LogP contribution in [0.4, 0.5) is 5.69 Å². The Balaban J connectivity index is 1.74. The molecule has 0 aliphatic carbocycles. The van der Waals surface area contributed by atoms with Gasteiger partial charge in [0.05, 0.1) is 11.1 Å². The van der Waals surface area contributed by atoms with Gasteiger partial charge in [-0.1, -0.05) is 18.2 Å². The van der Waals surface area contributed by atoms with Crippen LogP contribution in [0.3, 0.4) is 0 Å². The zero-order chi connectivity index (χ0) is 17.4. The molecule has 0 aliphatic heterocycles. The number of aromatic amines is 1. The zero-order valence-electron chi connectivity index (χ0n) is 12.8. The number of nitrogens with one attached hydrogen (secondary N) is 1. The van der Waals surface area contributed by atoms with Gasteiger partial charge in [0, 0.05) is 23.0 Å². The van der Waals surface area contributed by atoms with E-state index < -0.39 is 4.92 Å². The van der Waals surface area contributed by atoms with Gasteiger partial charge in [-0.2, -0.15) is 9.78 Å². The van der Waals surface area contributed by atoms with Crippen LogP contribution < -0.4 is 5.56 Å². The van der Waals surface area contributed by atoms with Gasteiger partial charge in [0.25, 0.3) is 11.2 Å². The van der Waals surface area contributed by atoms with Crippen molar-refractivity contribution in [3.8, 4) is 0 Å². The number of hydrogen-bond acceptors (Lipinski definition) is 5. The average molecular weight is 333 g/mol. The summed E-state index contributed by atoms with van der Waals surface area (Å²) in [6.07, 6.45) is 2.80. The molecule has 0 fully saturated rings. The highest BCUT2D eigenvalue weighted by Gasteiger charge is 2.10. The van der Waals surface area contributed by atoms with E-state index in [4.69, 9.17) is 0 Å². The van der Waals surface area contributed by atoms with E-state index in [1.807, 2.05) is 24.3 Å². The SMILES string of the molecule is O=c1c2[nH]c3ccccc3c2ncn1/N=C/c1ccc([N+](=O)[O-])cc1. The molecule has 0 aliphatic rings. The van der Waals surface area contributed by atoms with Crippen LogP contribution in [0.25, 0.3) is 21.9 Å². The average Bonchev–Trinajstić information content (AvgIpc) is 3.01. The van der Waals surface area contributed by atoms with Crippen molar-refractivity contribution in [2.24, 2.45) is 5.10 Å². The molecule has 2 aromatic heterocycles. The summed E-state index contributed by atoms with van der Waals surface area (Å²) in [6, 6.07) is 13.4. The smallest absolute Gasteiger partial charge is 0.298 e. The second-order valence-corrected chi connectivity index (χ2v) is 5.38. The van der Waals surface area contributed by atoms with Crippen molar-refractivity contribution in [1.29, 1.82) is 0 Å². The third-order valence-electron chi connectivity index (χ3n) is 3.83. The normalized spacial score (nSPS) is 11.5. The molecule has 0 radical (unpaired) electrons. The maximum Gasteiger partial charge on any atom is 0.298 e. The summed E-state index contributed by atoms with van der Waals surface area (Å²) in [7, 11) is 0. The van der Waals surface area contributed by atoms with E-state index in [9.17, 15) is 14.9 Å². The molecule has 0 atom stereocenters. The Hall–Kier alpha value is -3.81. The second kappa shape index (κ2) is 5.68. The Bertz CT molecular complexity index is 1190. The number of nitro groups is 1. The lowest BCUT2D eigenvalue weighted by atomic mass is 10.2. The Kier molecular flexibility index (Phi) is 3.35. The molecule has 8 heteroatoms. The molecule has 122 valence electrons. The number of nitro benzene ring substituents is 1. The van der Waals surface area contributed by atoms with Crippen molar-refractivity contribution in [1.82, 2.24) is 14.6 Å². The Labute approximate surface area is 140 Å². The van der Waals surface area contributed by atoms with E-state index in [1.165, 1.54) is 24.7 Å². The lowest BCUT2D eigenvalue weighted by molar-refractivity contribution is -0.384. The molecule has 8 nitrogen and oxygen atoms in total. The van der Waals surface area contributed by atoms with Gasteiger partial charge in [-0.3, -0.25) is 14.9 Å². The minimum Gasteiger partial charge on any atom is -0.349 e. The van der Waals surface area contributed by atoms with Crippen molar-refractivity contribution in [2.45, 2.75) is 0 Å². The van der Waals surface area contributed by atoms with Gasteiger partial charge in [0.15, 0.2) is 0 Å². The number of hydrogen-bond donors (Lipinski definition) is 1. The lowest BCUT2D eigenvalue weighted by Crippen LogP contribution is -2.17. The minimum atomic E-state index is -0.473. The van der Waals surface area contributed by atoms with Gasteiger partial charge in [-0.05, 0) is 23.8 Å². The highest BCUT2D eigenvalue weighted by molar-refractivity contribution is 6.04. The highest BCUT2D eigenvalue weighted by Crippen LogP contribution is 2.20. The molecule has 2 heterocycles. The summed E-state index contributed by atoms with van der Waals surface area (Å²) >= 11 is 0. The van der Waals surface area contributed by atoms with Crippen molar-refractivity contribution < 1.29 is 4.92 Å². The summed E-state index contributed by atoms with van der Waals surface area (Å²) in [5.74, 6) is 0. The van der Waals surface area contributed by atoms with Crippen LogP contribution in [0.1, 0.15) is 5.56 Å². The van der Waals surface area contributed by atoms with Crippen LogP contribution in [-0.4, -0.2) is 25.8 Å². The van der Waals surface area contributed by atoms with Gasteiger partial charge in [-0.15, -0.1) is 0 Å². The molecule has 2 aromatic carbocycles. The number of aromatic nitrogens is 3. The summed E-state index contributed by atoms with van der Waals surface area (Å²) in [6.45, 7) is 0. The van der Waals surface area contributed by atoms with Crippen LogP contribution in [0.15, 0.2) is 64.8 Å². The first kappa shape index (κ1) is 14.8. The molecule has 1 N–H and O–H groups in total. The molecule has 4 aromatic rings.